The molecule has 0 spiro atoms. The number of aliphatic hydroxyl groups excluding tert-OH is 1. The van der Waals surface area contributed by atoms with Crippen LogP contribution >= 0.6 is 11.3 Å². The molecule has 4 heteroatoms. The molecule has 0 radical (unpaired) electrons. The SMILES string of the molecule is CCC1CCCN1c1nc(C)c(CO)s1. The molecule has 1 aromatic rings. The second kappa shape index (κ2) is 4.49. The van der Waals surface area contributed by atoms with Crippen molar-refractivity contribution in [2.24, 2.45) is 0 Å². The quantitative estimate of drug-likeness (QED) is 0.859. The Balaban J connectivity index is 2.21. The maximum atomic E-state index is 9.15. The molecular weight excluding hydrogens is 208 g/mol. The average Bonchev–Trinajstić information content (AvgIpc) is 2.82. The van der Waals surface area contributed by atoms with Crippen molar-refractivity contribution in [2.45, 2.75) is 45.8 Å². The highest BCUT2D eigenvalue weighted by molar-refractivity contribution is 7.15. The minimum Gasteiger partial charge on any atom is -0.391 e. The van der Waals surface area contributed by atoms with Gasteiger partial charge in [-0.15, -0.1) is 0 Å². The number of hydrogen-bond acceptors (Lipinski definition) is 4. The van der Waals surface area contributed by atoms with Crippen molar-refractivity contribution in [3.63, 3.8) is 0 Å². The fourth-order valence-corrected chi connectivity index (χ4v) is 3.21. The minimum atomic E-state index is 0.119. The first-order valence-electron chi connectivity index (χ1n) is 5.60. The topological polar surface area (TPSA) is 36.4 Å². The molecule has 0 aromatic carbocycles. The Bertz CT molecular complexity index is 337. The maximum absolute atomic E-state index is 9.15. The summed E-state index contributed by atoms with van der Waals surface area (Å²) in [5, 5.41) is 10.2. The van der Waals surface area contributed by atoms with Crippen molar-refractivity contribution in [3.8, 4) is 0 Å². The van der Waals surface area contributed by atoms with Gasteiger partial charge in [0.2, 0.25) is 0 Å². The largest absolute Gasteiger partial charge is 0.391 e. The molecule has 1 aliphatic heterocycles. The van der Waals surface area contributed by atoms with Crippen LogP contribution < -0.4 is 4.90 Å². The van der Waals surface area contributed by atoms with Crippen molar-refractivity contribution in [1.82, 2.24) is 4.98 Å². The zero-order chi connectivity index (χ0) is 10.8. The van der Waals surface area contributed by atoms with Crippen molar-refractivity contribution in [2.75, 3.05) is 11.4 Å². The third-order valence-corrected chi connectivity index (χ3v) is 4.30. The van der Waals surface area contributed by atoms with Crippen LogP contribution in [0.5, 0.6) is 0 Å². The molecule has 1 atom stereocenters. The lowest BCUT2D eigenvalue weighted by molar-refractivity contribution is 0.284. The van der Waals surface area contributed by atoms with Crippen molar-refractivity contribution >= 4 is 16.5 Å². The van der Waals surface area contributed by atoms with E-state index in [0.717, 1.165) is 22.2 Å². The van der Waals surface area contributed by atoms with Crippen LogP contribution in [0, 0.1) is 6.92 Å². The van der Waals surface area contributed by atoms with E-state index in [0.29, 0.717) is 6.04 Å². The molecule has 3 nitrogen and oxygen atoms in total. The summed E-state index contributed by atoms with van der Waals surface area (Å²) in [6, 6.07) is 0.655. The first-order valence-corrected chi connectivity index (χ1v) is 6.41. The third-order valence-electron chi connectivity index (χ3n) is 3.12. The Labute approximate surface area is 94.8 Å². The summed E-state index contributed by atoms with van der Waals surface area (Å²) in [5.41, 5.74) is 0.985. The fourth-order valence-electron chi connectivity index (χ4n) is 2.19. The van der Waals surface area contributed by atoms with Gasteiger partial charge in [-0.1, -0.05) is 18.3 Å². The lowest BCUT2D eigenvalue weighted by atomic mass is 10.2. The average molecular weight is 226 g/mol. The molecule has 1 saturated heterocycles. The predicted octanol–water partition coefficient (Wildman–Crippen LogP) is 2.32. The van der Waals surface area contributed by atoms with Gasteiger partial charge in [-0.3, -0.25) is 0 Å². The molecule has 0 bridgehead atoms. The zero-order valence-corrected chi connectivity index (χ0v) is 10.2. The summed E-state index contributed by atoms with van der Waals surface area (Å²) in [6.07, 6.45) is 3.74. The third kappa shape index (κ3) is 2.01. The van der Waals surface area contributed by atoms with Gasteiger partial charge < -0.3 is 10.0 Å². The number of aryl methyl sites for hydroxylation is 1. The van der Waals surface area contributed by atoms with Crippen LogP contribution in [-0.4, -0.2) is 22.7 Å². The van der Waals surface area contributed by atoms with E-state index >= 15 is 0 Å². The molecule has 15 heavy (non-hydrogen) atoms. The molecule has 1 aromatic heterocycles. The molecule has 1 fully saturated rings. The number of aromatic nitrogens is 1. The summed E-state index contributed by atoms with van der Waals surface area (Å²) in [5.74, 6) is 0. The van der Waals surface area contributed by atoms with Crippen LogP contribution in [0.25, 0.3) is 0 Å². The molecule has 1 N–H and O–H groups in total. The summed E-state index contributed by atoms with van der Waals surface area (Å²) in [7, 11) is 0. The highest BCUT2D eigenvalue weighted by atomic mass is 32.1. The Morgan fingerprint density at radius 1 is 1.60 bits per heavy atom. The van der Waals surface area contributed by atoms with Crippen molar-refractivity contribution in [3.05, 3.63) is 10.6 Å². The number of aliphatic hydroxyl groups is 1. The van der Waals surface area contributed by atoms with Crippen LogP contribution in [-0.2, 0) is 6.61 Å². The maximum Gasteiger partial charge on any atom is 0.186 e. The van der Waals surface area contributed by atoms with Gasteiger partial charge in [0, 0.05) is 12.6 Å². The van der Waals surface area contributed by atoms with Gasteiger partial charge in [-0.25, -0.2) is 4.98 Å². The Kier molecular flexibility index (Phi) is 3.26. The minimum absolute atomic E-state index is 0.119. The standard InChI is InChI=1S/C11H18N2OS/c1-3-9-5-4-6-13(9)11-12-8(2)10(7-14)15-11/h9,14H,3-7H2,1-2H3. The van der Waals surface area contributed by atoms with Gasteiger partial charge in [-0.05, 0) is 26.2 Å². The van der Waals surface area contributed by atoms with Crippen LogP contribution in [0.2, 0.25) is 0 Å². The fraction of sp³-hybridized carbons (Fsp3) is 0.727. The number of hydrogen-bond donors (Lipinski definition) is 1. The lowest BCUT2D eigenvalue weighted by Gasteiger charge is -2.22. The summed E-state index contributed by atoms with van der Waals surface area (Å²) >= 11 is 1.64. The molecule has 0 amide bonds. The normalized spacial score (nSPS) is 21.3. The number of anilines is 1. The molecule has 2 rings (SSSR count). The molecule has 1 unspecified atom stereocenters. The second-order valence-corrected chi connectivity index (χ2v) is 5.12. The van der Waals surface area contributed by atoms with E-state index in [1.165, 1.54) is 19.3 Å². The van der Waals surface area contributed by atoms with Crippen LogP contribution in [0.3, 0.4) is 0 Å². The zero-order valence-electron chi connectivity index (χ0n) is 9.36. The van der Waals surface area contributed by atoms with E-state index < -0.39 is 0 Å². The first kappa shape index (κ1) is 10.9. The van der Waals surface area contributed by atoms with Gasteiger partial charge in [0.25, 0.3) is 0 Å². The predicted molar refractivity (Wildman–Crippen MR) is 63.4 cm³/mol. The second-order valence-electron chi connectivity index (χ2n) is 4.06. The first-order chi connectivity index (χ1) is 7.26. The van der Waals surface area contributed by atoms with Gasteiger partial charge in [0.15, 0.2) is 5.13 Å². The van der Waals surface area contributed by atoms with E-state index in [1.54, 1.807) is 11.3 Å². The highest BCUT2D eigenvalue weighted by Gasteiger charge is 2.25. The molecular formula is C11H18N2OS. The Morgan fingerprint density at radius 2 is 2.40 bits per heavy atom. The van der Waals surface area contributed by atoms with E-state index in [-0.39, 0.29) is 6.61 Å². The summed E-state index contributed by atoms with van der Waals surface area (Å²) < 4.78 is 0. The smallest absolute Gasteiger partial charge is 0.186 e. The van der Waals surface area contributed by atoms with Crippen LogP contribution in [0.1, 0.15) is 36.8 Å². The van der Waals surface area contributed by atoms with Crippen molar-refractivity contribution < 1.29 is 5.11 Å². The van der Waals surface area contributed by atoms with Crippen LogP contribution in [0.4, 0.5) is 5.13 Å². The van der Waals surface area contributed by atoms with Gasteiger partial charge in [0.05, 0.1) is 17.2 Å². The van der Waals surface area contributed by atoms with Gasteiger partial charge >= 0.3 is 0 Å². The van der Waals surface area contributed by atoms with Crippen LogP contribution in [0.15, 0.2) is 0 Å². The van der Waals surface area contributed by atoms with E-state index in [4.69, 9.17) is 5.11 Å². The Hall–Kier alpha value is -0.610. The van der Waals surface area contributed by atoms with Gasteiger partial charge in [0.1, 0.15) is 0 Å². The summed E-state index contributed by atoms with van der Waals surface area (Å²) in [4.78, 5) is 7.95. The molecule has 84 valence electrons. The summed E-state index contributed by atoms with van der Waals surface area (Å²) in [6.45, 7) is 5.45. The molecule has 2 heterocycles. The molecule has 0 saturated carbocycles. The van der Waals surface area contributed by atoms with Gasteiger partial charge in [-0.2, -0.15) is 0 Å². The molecule has 0 aliphatic carbocycles. The lowest BCUT2D eigenvalue weighted by Crippen LogP contribution is -2.28. The van der Waals surface area contributed by atoms with E-state index in [9.17, 15) is 0 Å². The monoisotopic (exact) mass is 226 g/mol. The van der Waals surface area contributed by atoms with E-state index in [1.807, 2.05) is 6.92 Å². The van der Waals surface area contributed by atoms with E-state index in [2.05, 4.69) is 16.8 Å². The highest BCUT2D eigenvalue weighted by Crippen LogP contribution is 2.32. The molecule has 1 aliphatic rings. The number of thiazole rings is 1. The number of rotatable bonds is 3. The number of nitrogens with zero attached hydrogens (tertiary/aromatic N) is 2. The van der Waals surface area contributed by atoms with Crippen molar-refractivity contribution in [1.29, 1.82) is 0 Å². The Morgan fingerprint density at radius 3 is 3.00 bits per heavy atom.